The van der Waals surface area contributed by atoms with Gasteiger partial charge in [-0.25, -0.2) is 9.50 Å². The topological polar surface area (TPSA) is 94.3 Å². The smallest absolute Gasteiger partial charge is 0.284 e. The summed E-state index contributed by atoms with van der Waals surface area (Å²) in [4.78, 5) is 25.0. The molecule has 1 saturated heterocycles. The van der Waals surface area contributed by atoms with Crippen LogP contribution in [0.4, 0.5) is 11.8 Å². The number of nitrogens with zero attached hydrogens (tertiary/aromatic N) is 6. The molecular formula is C23H24ClN7OS. The molecule has 2 aliphatic rings. The fourth-order valence-electron chi connectivity index (χ4n) is 5.05. The Hall–Kier alpha value is -3.04. The first kappa shape index (κ1) is 21.8. The number of nitrogen functional groups attached to an aromatic ring is 1. The molecule has 10 heteroatoms. The zero-order valence-electron chi connectivity index (χ0n) is 17.9. The van der Waals surface area contributed by atoms with Crippen LogP contribution in [0, 0.1) is 0 Å². The van der Waals surface area contributed by atoms with Gasteiger partial charge in [0.1, 0.15) is 11.3 Å². The van der Waals surface area contributed by atoms with E-state index in [9.17, 15) is 4.79 Å². The van der Waals surface area contributed by atoms with Gasteiger partial charge in [-0.1, -0.05) is 29.8 Å². The maximum atomic E-state index is 13.6. The van der Waals surface area contributed by atoms with E-state index in [-0.39, 0.29) is 25.1 Å². The monoisotopic (exact) mass is 481 g/mol. The molecule has 1 aliphatic carbocycles. The number of benzene rings is 1. The average Bonchev–Trinajstić information content (AvgIpc) is 3.53. The first-order chi connectivity index (χ1) is 15.6. The first-order valence-corrected chi connectivity index (χ1v) is 11.3. The second kappa shape index (κ2) is 8.39. The number of para-hydroxylation sites is 1. The number of nitrogens with two attached hydrogens (primary N) is 1. The van der Waals surface area contributed by atoms with Gasteiger partial charge in [-0.05, 0) is 50.3 Å². The molecule has 1 aromatic carbocycles. The quantitative estimate of drug-likeness (QED) is 0.481. The highest BCUT2D eigenvalue weighted by Crippen LogP contribution is 2.39. The lowest BCUT2D eigenvalue weighted by atomic mass is 10.1. The van der Waals surface area contributed by atoms with Crippen LogP contribution in [0.3, 0.4) is 0 Å². The molecule has 3 aromatic heterocycles. The third-order valence-electron chi connectivity index (χ3n) is 6.43. The second-order valence-corrected chi connectivity index (χ2v) is 8.73. The van der Waals surface area contributed by atoms with Gasteiger partial charge in [0, 0.05) is 18.3 Å². The first-order valence-electron chi connectivity index (χ1n) is 10.9. The summed E-state index contributed by atoms with van der Waals surface area (Å²) >= 11 is 6.34. The van der Waals surface area contributed by atoms with E-state index in [1.165, 1.54) is 5.56 Å². The van der Waals surface area contributed by atoms with Gasteiger partial charge in [0.2, 0.25) is 5.95 Å². The number of aromatic nitrogens is 5. The third-order valence-corrected chi connectivity index (χ3v) is 6.73. The molecule has 1 aliphatic heterocycles. The lowest BCUT2D eigenvalue weighted by molar-refractivity contribution is 0.600. The molecule has 2 N–H and O–H groups in total. The zero-order chi connectivity index (χ0) is 21.8. The van der Waals surface area contributed by atoms with E-state index in [1.54, 1.807) is 21.3 Å². The zero-order valence-corrected chi connectivity index (χ0v) is 19.7. The van der Waals surface area contributed by atoms with Crippen molar-refractivity contribution in [3.63, 3.8) is 0 Å². The van der Waals surface area contributed by atoms with Crippen LogP contribution in [0.15, 0.2) is 47.4 Å². The van der Waals surface area contributed by atoms with E-state index in [4.69, 9.17) is 22.4 Å². The summed E-state index contributed by atoms with van der Waals surface area (Å²) in [6.45, 7) is 0.822. The molecule has 0 amide bonds. The van der Waals surface area contributed by atoms with Gasteiger partial charge in [0.25, 0.3) is 5.56 Å². The van der Waals surface area contributed by atoms with Gasteiger partial charge in [-0.15, -0.1) is 0 Å². The Morgan fingerprint density at radius 3 is 2.70 bits per heavy atom. The molecular weight excluding hydrogens is 458 g/mol. The summed E-state index contributed by atoms with van der Waals surface area (Å²) in [5.41, 5.74) is 9.23. The van der Waals surface area contributed by atoms with E-state index in [0.29, 0.717) is 22.3 Å². The molecule has 0 spiro atoms. The van der Waals surface area contributed by atoms with Crippen molar-refractivity contribution in [3.05, 3.63) is 75.1 Å². The molecule has 0 bridgehead atoms. The van der Waals surface area contributed by atoms with Gasteiger partial charge in [-0.3, -0.25) is 9.36 Å². The van der Waals surface area contributed by atoms with Crippen molar-refractivity contribution < 1.29 is 0 Å². The minimum absolute atomic E-state index is 0. The van der Waals surface area contributed by atoms with Crippen molar-refractivity contribution in [3.8, 4) is 5.69 Å². The molecule has 0 unspecified atom stereocenters. The summed E-state index contributed by atoms with van der Waals surface area (Å²) in [5, 5.41) is 5.28. The Balaban J connectivity index is 0.00000228. The summed E-state index contributed by atoms with van der Waals surface area (Å²) in [6.07, 6.45) is 6.49. The minimum atomic E-state index is -0.185. The van der Waals surface area contributed by atoms with Crippen LogP contribution in [0.25, 0.3) is 11.2 Å². The molecule has 0 saturated carbocycles. The van der Waals surface area contributed by atoms with Gasteiger partial charge in [-0.2, -0.15) is 23.6 Å². The van der Waals surface area contributed by atoms with Crippen molar-refractivity contribution in [2.24, 2.45) is 0 Å². The molecule has 8 nitrogen and oxygen atoms in total. The Morgan fingerprint density at radius 2 is 1.88 bits per heavy atom. The molecule has 170 valence electrons. The maximum Gasteiger partial charge on any atom is 0.284 e. The predicted molar refractivity (Wildman–Crippen MR) is 134 cm³/mol. The van der Waals surface area contributed by atoms with E-state index in [0.717, 1.165) is 55.8 Å². The average molecular weight is 482 g/mol. The number of hydrogen-bond acceptors (Lipinski definition) is 6. The SMILES string of the molecule is Nc1nc2c(c(N3CCC[C@H]3c3nn4ccc(Cl)c4c(=O)n3-c3ccccc3)n1)CCC2.S. The molecule has 6 rings (SSSR count). The van der Waals surface area contributed by atoms with Crippen molar-refractivity contribution in [1.29, 1.82) is 0 Å². The van der Waals surface area contributed by atoms with Crippen LogP contribution in [0.5, 0.6) is 0 Å². The normalized spacial score (nSPS) is 17.4. The summed E-state index contributed by atoms with van der Waals surface area (Å²) in [6, 6.07) is 11.2. The van der Waals surface area contributed by atoms with Crippen molar-refractivity contribution in [2.45, 2.75) is 38.1 Å². The number of rotatable bonds is 3. The highest BCUT2D eigenvalue weighted by atomic mass is 35.5. The minimum Gasteiger partial charge on any atom is -0.368 e. The van der Waals surface area contributed by atoms with Crippen LogP contribution in [0.1, 0.15) is 42.4 Å². The summed E-state index contributed by atoms with van der Waals surface area (Å²) < 4.78 is 3.28. The molecule has 1 fully saturated rings. The van der Waals surface area contributed by atoms with Gasteiger partial charge >= 0.3 is 0 Å². The van der Waals surface area contributed by atoms with E-state index >= 15 is 0 Å². The molecule has 1 atom stereocenters. The molecule has 0 radical (unpaired) electrons. The Bertz CT molecular complexity index is 1400. The highest BCUT2D eigenvalue weighted by molar-refractivity contribution is 7.59. The van der Waals surface area contributed by atoms with Crippen LogP contribution in [-0.4, -0.2) is 30.7 Å². The van der Waals surface area contributed by atoms with Gasteiger partial charge in [0.15, 0.2) is 5.82 Å². The van der Waals surface area contributed by atoms with E-state index in [2.05, 4.69) is 14.9 Å². The van der Waals surface area contributed by atoms with E-state index < -0.39 is 0 Å². The Morgan fingerprint density at radius 1 is 1.06 bits per heavy atom. The van der Waals surface area contributed by atoms with Crippen LogP contribution >= 0.6 is 25.1 Å². The van der Waals surface area contributed by atoms with Gasteiger partial charge < -0.3 is 10.6 Å². The number of aryl methyl sites for hydroxylation is 1. The summed E-state index contributed by atoms with van der Waals surface area (Å²) in [5.74, 6) is 1.85. The summed E-state index contributed by atoms with van der Waals surface area (Å²) in [7, 11) is 0. The van der Waals surface area contributed by atoms with Crippen molar-refractivity contribution in [2.75, 3.05) is 17.2 Å². The van der Waals surface area contributed by atoms with Crippen LogP contribution < -0.4 is 16.2 Å². The number of anilines is 2. The molecule has 33 heavy (non-hydrogen) atoms. The number of hydrogen-bond donors (Lipinski definition) is 1. The van der Waals surface area contributed by atoms with Crippen LogP contribution in [-0.2, 0) is 12.8 Å². The van der Waals surface area contributed by atoms with Crippen LogP contribution in [0.2, 0.25) is 5.02 Å². The maximum absolute atomic E-state index is 13.6. The fraction of sp³-hybridized carbons (Fsp3) is 0.304. The Labute approximate surface area is 202 Å². The standard InChI is InChI=1S/C23H22ClN7O.H2S/c24-16-11-13-30-19(16)22(32)31(14-6-2-1-3-7-14)21(28-30)18-10-5-12-29(18)20-15-8-4-9-17(15)26-23(25)27-20;/h1-3,6-7,11,13,18H,4-5,8-10,12H2,(H2,25,26,27);1H2/t18-;/m0./s1. The third kappa shape index (κ3) is 3.46. The molecule has 4 heterocycles. The lowest BCUT2D eigenvalue weighted by Crippen LogP contribution is -2.33. The van der Waals surface area contributed by atoms with Crippen molar-refractivity contribution >= 4 is 42.4 Å². The number of halogens is 1. The van der Waals surface area contributed by atoms with E-state index in [1.807, 2.05) is 30.3 Å². The second-order valence-electron chi connectivity index (χ2n) is 8.33. The molecule has 4 aromatic rings. The largest absolute Gasteiger partial charge is 0.368 e. The highest BCUT2D eigenvalue weighted by Gasteiger charge is 2.35. The van der Waals surface area contributed by atoms with Gasteiger partial charge in [0.05, 0.1) is 22.4 Å². The lowest BCUT2D eigenvalue weighted by Gasteiger charge is -2.28. The predicted octanol–water partition coefficient (Wildman–Crippen LogP) is 3.45. The number of fused-ring (bicyclic) bond motifs is 2. The fourth-order valence-corrected chi connectivity index (χ4v) is 5.27. The van der Waals surface area contributed by atoms with Crippen molar-refractivity contribution in [1.82, 2.24) is 24.1 Å². The Kier molecular flexibility index (Phi) is 5.54.